The van der Waals surface area contributed by atoms with Gasteiger partial charge in [-0.25, -0.2) is 0 Å². The van der Waals surface area contributed by atoms with E-state index in [0.29, 0.717) is 0 Å². The number of likely N-dealkylation sites (tertiary alicyclic amines) is 1. The minimum atomic E-state index is 0.735. The van der Waals surface area contributed by atoms with Gasteiger partial charge in [-0.05, 0) is 49.8 Å². The van der Waals surface area contributed by atoms with Crippen LogP contribution in [0.3, 0.4) is 0 Å². The number of benzene rings is 1. The van der Waals surface area contributed by atoms with Crippen molar-refractivity contribution in [3.05, 3.63) is 29.3 Å². The number of nitrogen functional groups attached to an aromatic ring is 1. The number of fused-ring (bicyclic) bond motifs is 1. The Hall–Kier alpha value is -1.06. The summed E-state index contributed by atoms with van der Waals surface area (Å²) in [5, 5.41) is 0. The molecule has 108 valence electrons. The van der Waals surface area contributed by atoms with Crippen LogP contribution in [0.15, 0.2) is 18.2 Å². The van der Waals surface area contributed by atoms with Gasteiger partial charge in [0.25, 0.3) is 0 Å². The van der Waals surface area contributed by atoms with E-state index >= 15 is 0 Å². The molecule has 3 nitrogen and oxygen atoms in total. The number of nitrogens with two attached hydrogens (primary N) is 1. The smallest absolute Gasteiger partial charge is 0.0362 e. The summed E-state index contributed by atoms with van der Waals surface area (Å²) in [6.45, 7) is 5.93. The lowest BCUT2D eigenvalue weighted by atomic mass is 9.96. The minimum Gasteiger partial charge on any atom is -0.398 e. The van der Waals surface area contributed by atoms with Crippen LogP contribution in [0.4, 0.5) is 5.69 Å². The van der Waals surface area contributed by atoms with Crippen molar-refractivity contribution in [3.8, 4) is 0 Å². The lowest BCUT2D eigenvalue weighted by Crippen LogP contribution is -2.41. The second-order valence-electron chi connectivity index (χ2n) is 6.87. The molecule has 3 heteroatoms. The normalized spacial score (nSPS) is 31.4. The first kappa shape index (κ1) is 12.7. The van der Waals surface area contributed by atoms with E-state index in [9.17, 15) is 0 Å². The summed E-state index contributed by atoms with van der Waals surface area (Å²) in [6, 6.07) is 8.79. The highest BCUT2D eigenvalue weighted by Crippen LogP contribution is 2.36. The van der Waals surface area contributed by atoms with Crippen LogP contribution < -0.4 is 5.73 Å². The molecular formula is C17H25N3. The quantitative estimate of drug-likeness (QED) is 0.837. The average molecular weight is 271 g/mol. The van der Waals surface area contributed by atoms with Gasteiger partial charge in [-0.2, -0.15) is 0 Å². The highest BCUT2D eigenvalue weighted by Gasteiger charge is 2.41. The van der Waals surface area contributed by atoms with E-state index in [2.05, 4.69) is 34.9 Å². The Morgan fingerprint density at radius 3 is 2.85 bits per heavy atom. The lowest BCUT2D eigenvalue weighted by molar-refractivity contribution is 0.174. The summed E-state index contributed by atoms with van der Waals surface area (Å²) in [5.41, 5.74) is 10.0. The second kappa shape index (κ2) is 4.74. The van der Waals surface area contributed by atoms with E-state index < -0.39 is 0 Å². The number of hydrogen-bond donors (Lipinski definition) is 1. The fourth-order valence-electron chi connectivity index (χ4n) is 4.15. The summed E-state index contributed by atoms with van der Waals surface area (Å²) in [4.78, 5) is 5.42. The highest BCUT2D eigenvalue weighted by atomic mass is 15.3. The molecule has 2 unspecified atom stereocenters. The molecule has 4 rings (SSSR count). The van der Waals surface area contributed by atoms with Crippen LogP contribution in [0.25, 0.3) is 0 Å². The molecule has 1 aliphatic carbocycles. The maximum absolute atomic E-state index is 6.18. The van der Waals surface area contributed by atoms with Gasteiger partial charge in [-0.3, -0.25) is 9.80 Å². The Labute approximate surface area is 121 Å². The van der Waals surface area contributed by atoms with E-state index in [1.54, 1.807) is 0 Å². The van der Waals surface area contributed by atoms with Crippen LogP contribution in [0, 0.1) is 0 Å². The van der Waals surface area contributed by atoms with Crippen molar-refractivity contribution in [3.63, 3.8) is 0 Å². The molecule has 1 saturated heterocycles. The zero-order chi connectivity index (χ0) is 13.7. The predicted molar refractivity (Wildman–Crippen MR) is 82.6 cm³/mol. The van der Waals surface area contributed by atoms with Crippen molar-refractivity contribution >= 4 is 5.69 Å². The molecular weight excluding hydrogens is 246 g/mol. The summed E-state index contributed by atoms with van der Waals surface area (Å²) in [7, 11) is 0. The predicted octanol–water partition coefficient (Wildman–Crippen LogP) is 2.25. The molecule has 0 bridgehead atoms. The standard InChI is InChI=1S/C17H25N3/c1-12-9-15(10-20(12)14-5-6-14)19-8-7-13-3-2-4-17(18)16(13)11-19/h2-4,12,14-15H,5-11,18H2,1H3. The fourth-order valence-corrected chi connectivity index (χ4v) is 4.15. The van der Waals surface area contributed by atoms with Gasteiger partial charge in [0.2, 0.25) is 0 Å². The molecule has 0 spiro atoms. The summed E-state index contributed by atoms with van der Waals surface area (Å²) in [6.07, 6.45) is 5.34. The van der Waals surface area contributed by atoms with Crippen molar-refractivity contribution in [2.24, 2.45) is 0 Å². The van der Waals surface area contributed by atoms with E-state index in [0.717, 1.165) is 36.8 Å². The van der Waals surface area contributed by atoms with Crippen molar-refractivity contribution in [1.82, 2.24) is 9.80 Å². The highest BCUT2D eigenvalue weighted by molar-refractivity contribution is 5.51. The first-order chi connectivity index (χ1) is 9.72. The maximum atomic E-state index is 6.18. The summed E-state index contributed by atoms with van der Waals surface area (Å²) < 4.78 is 0. The molecule has 0 aromatic heterocycles. The third-order valence-electron chi connectivity index (χ3n) is 5.47. The van der Waals surface area contributed by atoms with Crippen LogP contribution in [0.5, 0.6) is 0 Å². The van der Waals surface area contributed by atoms with E-state index in [1.165, 1.54) is 43.5 Å². The zero-order valence-corrected chi connectivity index (χ0v) is 12.4. The Kier molecular flexibility index (Phi) is 3.00. The Balaban J connectivity index is 1.50. The monoisotopic (exact) mass is 271 g/mol. The number of anilines is 1. The van der Waals surface area contributed by atoms with Gasteiger partial charge in [0.05, 0.1) is 0 Å². The SMILES string of the molecule is CC1CC(N2CCc3cccc(N)c3C2)CN1C1CC1. The molecule has 1 saturated carbocycles. The fraction of sp³-hybridized carbons (Fsp3) is 0.647. The van der Waals surface area contributed by atoms with Gasteiger partial charge in [0, 0.05) is 43.4 Å². The van der Waals surface area contributed by atoms with E-state index in [1.807, 2.05) is 0 Å². The largest absolute Gasteiger partial charge is 0.398 e. The van der Waals surface area contributed by atoms with Gasteiger partial charge in [-0.1, -0.05) is 12.1 Å². The van der Waals surface area contributed by atoms with Crippen LogP contribution >= 0.6 is 0 Å². The number of nitrogens with zero attached hydrogens (tertiary/aromatic N) is 2. The third kappa shape index (κ3) is 2.13. The second-order valence-corrected chi connectivity index (χ2v) is 6.87. The molecule has 1 aromatic rings. The molecule has 2 heterocycles. The molecule has 2 N–H and O–H groups in total. The number of rotatable bonds is 2. The Morgan fingerprint density at radius 2 is 2.05 bits per heavy atom. The van der Waals surface area contributed by atoms with Crippen LogP contribution in [0.2, 0.25) is 0 Å². The van der Waals surface area contributed by atoms with Crippen molar-refractivity contribution in [1.29, 1.82) is 0 Å². The average Bonchev–Trinajstić information content (AvgIpc) is 3.22. The van der Waals surface area contributed by atoms with E-state index in [4.69, 9.17) is 5.73 Å². The molecule has 2 atom stereocenters. The van der Waals surface area contributed by atoms with Gasteiger partial charge >= 0.3 is 0 Å². The summed E-state index contributed by atoms with van der Waals surface area (Å²) >= 11 is 0. The van der Waals surface area contributed by atoms with E-state index in [-0.39, 0.29) is 0 Å². The van der Waals surface area contributed by atoms with Crippen LogP contribution in [0.1, 0.15) is 37.3 Å². The van der Waals surface area contributed by atoms with Gasteiger partial charge in [0.15, 0.2) is 0 Å². The van der Waals surface area contributed by atoms with Gasteiger partial charge in [0.1, 0.15) is 0 Å². The lowest BCUT2D eigenvalue weighted by Gasteiger charge is -2.34. The van der Waals surface area contributed by atoms with Gasteiger partial charge < -0.3 is 5.73 Å². The van der Waals surface area contributed by atoms with Crippen molar-refractivity contribution in [2.75, 3.05) is 18.8 Å². The Bertz CT molecular complexity index is 509. The molecule has 2 fully saturated rings. The van der Waals surface area contributed by atoms with Gasteiger partial charge in [-0.15, -0.1) is 0 Å². The molecule has 3 aliphatic rings. The third-order valence-corrected chi connectivity index (χ3v) is 5.47. The Morgan fingerprint density at radius 1 is 1.20 bits per heavy atom. The van der Waals surface area contributed by atoms with Crippen LogP contribution in [-0.4, -0.2) is 41.0 Å². The minimum absolute atomic E-state index is 0.735. The van der Waals surface area contributed by atoms with Crippen molar-refractivity contribution < 1.29 is 0 Å². The molecule has 2 aliphatic heterocycles. The first-order valence-corrected chi connectivity index (χ1v) is 8.08. The first-order valence-electron chi connectivity index (χ1n) is 8.08. The molecule has 0 radical (unpaired) electrons. The molecule has 20 heavy (non-hydrogen) atoms. The molecule has 0 amide bonds. The van der Waals surface area contributed by atoms with Crippen LogP contribution in [-0.2, 0) is 13.0 Å². The molecule has 1 aromatic carbocycles. The topological polar surface area (TPSA) is 32.5 Å². The maximum Gasteiger partial charge on any atom is 0.0362 e. The van der Waals surface area contributed by atoms with Crippen molar-refractivity contribution in [2.45, 2.75) is 57.3 Å². The number of hydrogen-bond acceptors (Lipinski definition) is 3. The summed E-state index contributed by atoms with van der Waals surface area (Å²) in [5.74, 6) is 0. The zero-order valence-electron chi connectivity index (χ0n) is 12.4.